The quantitative estimate of drug-likeness (QED) is 0.575. The van der Waals surface area contributed by atoms with E-state index in [1.807, 2.05) is 12.3 Å². The molecule has 1 aliphatic carbocycles. The first-order valence-corrected chi connectivity index (χ1v) is 6.68. The number of pyridine rings is 1. The van der Waals surface area contributed by atoms with Crippen LogP contribution in [0.25, 0.3) is 16.5 Å². The predicted molar refractivity (Wildman–Crippen MR) is 80.5 cm³/mol. The Bertz CT molecular complexity index is 727. The van der Waals surface area contributed by atoms with Crippen LogP contribution >= 0.6 is 0 Å². The van der Waals surface area contributed by atoms with Crippen LogP contribution in [0.5, 0.6) is 0 Å². The van der Waals surface area contributed by atoms with Gasteiger partial charge in [-0.2, -0.15) is 17.2 Å². The molecule has 3 rings (SSSR count). The Morgan fingerprint density at radius 3 is 2.23 bits per heavy atom. The summed E-state index contributed by atoms with van der Waals surface area (Å²) in [6, 6.07) is 10.4. The molecule has 0 saturated carbocycles. The summed E-state index contributed by atoms with van der Waals surface area (Å²) in [5.41, 5.74) is 6.24. The molecule has 115 valence electrons. The maximum absolute atomic E-state index is 4.55. The minimum absolute atomic E-state index is 0. The van der Waals surface area contributed by atoms with E-state index in [1.54, 1.807) is 0 Å². The molecule has 0 amide bonds. The zero-order valence-electron chi connectivity index (χ0n) is 13.1. The van der Waals surface area contributed by atoms with Crippen LogP contribution in [0.3, 0.4) is 0 Å². The first-order valence-electron chi connectivity index (χ1n) is 6.68. The van der Waals surface area contributed by atoms with Crippen molar-refractivity contribution in [1.82, 2.24) is 4.98 Å². The third-order valence-corrected chi connectivity index (χ3v) is 4.21. The summed E-state index contributed by atoms with van der Waals surface area (Å²) in [6.45, 7) is 8.83. The Morgan fingerprint density at radius 2 is 1.64 bits per heavy atom. The fourth-order valence-corrected chi connectivity index (χ4v) is 2.73. The number of aromatic nitrogens is 1. The van der Waals surface area contributed by atoms with Crippen LogP contribution in [0.4, 0.5) is 0 Å². The molecule has 0 saturated heterocycles. The van der Waals surface area contributed by atoms with E-state index >= 15 is 0 Å². The van der Waals surface area contributed by atoms with Gasteiger partial charge in [0.15, 0.2) is 0 Å². The van der Waals surface area contributed by atoms with Crippen LogP contribution in [0.1, 0.15) is 33.3 Å². The maximum atomic E-state index is 4.55. The molecule has 0 fully saturated rings. The smallest absolute Gasteiger partial charge is 1.00 e. The van der Waals surface area contributed by atoms with Crippen molar-refractivity contribution in [3.05, 3.63) is 59.3 Å². The number of allylic oxidation sites excluding steroid dienone is 4. The molecule has 22 heavy (non-hydrogen) atoms. The molecule has 0 atom stereocenters. The fraction of sp³-hybridized carbons (Fsp3) is 0.278. The second-order valence-corrected chi connectivity index (χ2v) is 5.76. The van der Waals surface area contributed by atoms with E-state index < -0.39 is 0 Å². The molecule has 1 aliphatic rings. The third kappa shape index (κ3) is 3.42. The molecule has 0 bridgehead atoms. The number of nitrogens with zero attached hydrogens (tertiary/aromatic N) is 1. The van der Waals surface area contributed by atoms with Crippen LogP contribution in [0, 0.1) is 11.5 Å². The summed E-state index contributed by atoms with van der Waals surface area (Å²) in [4.78, 5) is 4.55. The second-order valence-electron chi connectivity index (χ2n) is 5.76. The summed E-state index contributed by atoms with van der Waals surface area (Å²) in [5, 5.41) is 1.18. The molecule has 1 radical (unpaired) electrons. The van der Waals surface area contributed by atoms with E-state index in [-0.39, 0.29) is 47.6 Å². The maximum Gasteiger partial charge on any atom is 3.00 e. The van der Waals surface area contributed by atoms with Gasteiger partial charge in [0.05, 0.1) is 0 Å². The van der Waals surface area contributed by atoms with E-state index in [1.165, 1.54) is 27.7 Å². The number of para-hydroxylation sites is 1. The summed E-state index contributed by atoms with van der Waals surface area (Å²) in [5.74, 6) is 0. The first-order chi connectivity index (χ1) is 9.00. The average molecular weight is 371 g/mol. The fourth-order valence-electron chi connectivity index (χ4n) is 2.73. The monoisotopic (exact) mass is 370 g/mol. The molecule has 0 unspecified atom stereocenters. The van der Waals surface area contributed by atoms with E-state index in [0.29, 0.717) is 0 Å². The standard InChI is InChI=1S/C18H18N.2ClH.Cr/c1-12-13(2)18(3,4)11-16(12)15-9-5-7-14-8-6-10-19-17(14)15;;;/h5-10H,1-4H3;2*1H;/q-1;;;+3/p-2. The predicted octanol–water partition coefficient (Wildman–Crippen LogP) is -1.20. The first kappa shape index (κ1) is 21.2. The van der Waals surface area contributed by atoms with Gasteiger partial charge in [-0.1, -0.05) is 51.3 Å². The average Bonchev–Trinajstić information content (AvgIpc) is 2.62. The minimum Gasteiger partial charge on any atom is -1.00 e. The van der Waals surface area contributed by atoms with E-state index in [9.17, 15) is 0 Å². The van der Waals surface area contributed by atoms with Gasteiger partial charge in [0.25, 0.3) is 0 Å². The number of fused-ring (bicyclic) bond motifs is 1. The van der Waals surface area contributed by atoms with E-state index in [4.69, 9.17) is 0 Å². The summed E-state index contributed by atoms with van der Waals surface area (Å²) in [6.07, 6.45) is 5.50. The molecule has 1 aromatic carbocycles. The van der Waals surface area contributed by atoms with E-state index in [0.717, 1.165) is 5.52 Å². The minimum atomic E-state index is 0. The van der Waals surface area contributed by atoms with E-state index in [2.05, 4.69) is 63.0 Å². The molecule has 1 aromatic heterocycles. The van der Waals surface area contributed by atoms with Gasteiger partial charge < -0.3 is 24.8 Å². The van der Waals surface area contributed by atoms with Gasteiger partial charge in [0, 0.05) is 11.7 Å². The van der Waals surface area contributed by atoms with Gasteiger partial charge in [-0.3, -0.25) is 4.98 Å². The molecule has 0 aliphatic heterocycles. The Kier molecular flexibility index (Phi) is 7.39. The molecule has 1 nitrogen and oxygen atoms in total. The van der Waals surface area contributed by atoms with Crippen molar-refractivity contribution in [2.45, 2.75) is 27.7 Å². The summed E-state index contributed by atoms with van der Waals surface area (Å²) >= 11 is 0. The summed E-state index contributed by atoms with van der Waals surface area (Å²) < 4.78 is 0. The number of hydrogen-bond donors (Lipinski definition) is 0. The van der Waals surface area contributed by atoms with Crippen molar-refractivity contribution in [3.8, 4) is 0 Å². The Hall–Kier alpha value is -0.778. The van der Waals surface area contributed by atoms with Gasteiger partial charge in [0.2, 0.25) is 0 Å². The van der Waals surface area contributed by atoms with Gasteiger partial charge in [-0.15, -0.1) is 17.2 Å². The van der Waals surface area contributed by atoms with Gasteiger partial charge in [-0.05, 0) is 11.5 Å². The van der Waals surface area contributed by atoms with Crippen LogP contribution in [0.15, 0.2) is 47.7 Å². The molecular weight excluding hydrogens is 353 g/mol. The molecular formula is C18H18Cl2CrN. The van der Waals surface area contributed by atoms with Crippen molar-refractivity contribution >= 4 is 16.5 Å². The van der Waals surface area contributed by atoms with Gasteiger partial charge in [0.1, 0.15) is 0 Å². The molecule has 4 heteroatoms. The van der Waals surface area contributed by atoms with Crippen molar-refractivity contribution in [2.24, 2.45) is 5.41 Å². The largest absolute Gasteiger partial charge is 3.00 e. The van der Waals surface area contributed by atoms with Crippen LogP contribution in [0.2, 0.25) is 0 Å². The van der Waals surface area contributed by atoms with Crippen molar-refractivity contribution < 1.29 is 42.2 Å². The van der Waals surface area contributed by atoms with Crippen LogP contribution < -0.4 is 24.8 Å². The molecule has 0 N–H and O–H groups in total. The SMILES string of the molecule is CC1=C(C)C(C)(C)[C-]=C1c1cccc2cccnc12.[Cl-].[Cl-].[Cr+3]. The summed E-state index contributed by atoms with van der Waals surface area (Å²) in [7, 11) is 0. The molecule has 2 aromatic rings. The zero-order chi connectivity index (χ0) is 13.6. The van der Waals surface area contributed by atoms with Gasteiger partial charge in [-0.25, -0.2) is 0 Å². The number of halogens is 2. The topological polar surface area (TPSA) is 12.9 Å². The normalized spacial score (nSPS) is 15.5. The number of benzene rings is 1. The van der Waals surface area contributed by atoms with Crippen LogP contribution in [-0.2, 0) is 17.4 Å². The number of hydrogen-bond acceptors (Lipinski definition) is 1. The Balaban J connectivity index is 0.00000147. The van der Waals surface area contributed by atoms with Gasteiger partial charge >= 0.3 is 17.4 Å². The van der Waals surface area contributed by atoms with Crippen LogP contribution in [-0.4, -0.2) is 4.98 Å². The molecule has 0 spiro atoms. The number of rotatable bonds is 1. The second kappa shape index (κ2) is 7.67. The zero-order valence-corrected chi connectivity index (χ0v) is 15.9. The van der Waals surface area contributed by atoms with Crippen molar-refractivity contribution in [3.63, 3.8) is 0 Å². The van der Waals surface area contributed by atoms with Crippen molar-refractivity contribution in [2.75, 3.05) is 0 Å². The van der Waals surface area contributed by atoms with Crippen molar-refractivity contribution in [1.29, 1.82) is 0 Å². The molecule has 1 heterocycles. The third-order valence-electron chi connectivity index (χ3n) is 4.21. The Labute approximate surface area is 155 Å². The Morgan fingerprint density at radius 1 is 1.00 bits per heavy atom.